The molecule has 0 fully saturated rings. The highest BCUT2D eigenvalue weighted by molar-refractivity contribution is 7.80. The summed E-state index contributed by atoms with van der Waals surface area (Å²) in [4.78, 5) is 11.9. The summed E-state index contributed by atoms with van der Waals surface area (Å²) < 4.78 is 0. The molecule has 5 heteroatoms. The van der Waals surface area contributed by atoms with E-state index in [0.717, 1.165) is 11.3 Å². The lowest BCUT2D eigenvalue weighted by atomic mass is 10.2. The SMILES string of the molecule is CC.NCc1ccccc1NC(=S)NC(=O)c1ccccc1. The first kappa shape index (κ1) is 17.8. The molecule has 0 spiro atoms. The Balaban J connectivity index is 0.00000116. The van der Waals surface area contributed by atoms with E-state index in [-0.39, 0.29) is 11.0 Å². The van der Waals surface area contributed by atoms with Gasteiger partial charge >= 0.3 is 0 Å². The molecule has 0 aliphatic rings. The number of nitrogens with one attached hydrogen (secondary N) is 2. The Hall–Kier alpha value is -2.24. The van der Waals surface area contributed by atoms with Crippen LogP contribution in [0.2, 0.25) is 0 Å². The summed E-state index contributed by atoms with van der Waals surface area (Å²) >= 11 is 5.14. The molecule has 0 radical (unpaired) electrons. The van der Waals surface area contributed by atoms with Gasteiger partial charge in [0.1, 0.15) is 0 Å². The fourth-order valence-electron chi connectivity index (χ4n) is 1.74. The average Bonchev–Trinajstić information content (AvgIpc) is 2.58. The molecule has 0 aliphatic carbocycles. The molecule has 116 valence electrons. The van der Waals surface area contributed by atoms with Crippen LogP contribution >= 0.6 is 12.2 Å². The number of rotatable bonds is 3. The minimum absolute atomic E-state index is 0.242. The maximum absolute atomic E-state index is 11.9. The van der Waals surface area contributed by atoms with Gasteiger partial charge in [-0.15, -0.1) is 0 Å². The smallest absolute Gasteiger partial charge is 0.257 e. The Labute approximate surface area is 136 Å². The number of carbonyl (C=O) groups is 1. The van der Waals surface area contributed by atoms with Crippen molar-refractivity contribution in [2.24, 2.45) is 5.73 Å². The van der Waals surface area contributed by atoms with Crippen molar-refractivity contribution >= 4 is 28.9 Å². The van der Waals surface area contributed by atoms with E-state index in [1.54, 1.807) is 24.3 Å². The van der Waals surface area contributed by atoms with E-state index in [4.69, 9.17) is 18.0 Å². The minimum Gasteiger partial charge on any atom is -0.332 e. The van der Waals surface area contributed by atoms with Gasteiger partial charge < -0.3 is 11.1 Å². The van der Waals surface area contributed by atoms with Gasteiger partial charge in [0.15, 0.2) is 5.11 Å². The van der Waals surface area contributed by atoms with E-state index < -0.39 is 0 Å². The van der Waals surface area contributed by atoms with Gasteiger partial charge in [-0.05, 0) is 36.0 Å². The van der Waals surface area contributed by atoms with Crippen molar-refractivity contribution in [3.8, 4) is 0 Å². The Morgan fingerprint density at radius 3 is 2.27 bits per heavy atom. The van der Waals surface area contributed by atoms with E-state index in [1.165, 1.54) is 0 Å². The zero-order valence-electron chi connectivity index (χ0n) is 12.8. The summed E-state index contributed by atoms with van der Waals surface area (Å²) in [5, 5.41) is 5.87. The number of amides is 1. The number of nitrogens with two attached hydrogens (primary N) is 1. The number of anilines is 1. The number of benzene rings is 2. The third-order valence-corrected chi connectivity index (χ3v) is 2.95. The molecule has 2 aromatic carbocycles. The highest BCUT2D eigenvalue weighted by atomic mass is 32.1. The molecule has 0 saturated heterocycles. The quantitative estimate of drug-likeness (QED) is 0.760. The van der Waals surface area contributed by atoms with Crippen LogP contribution in [-0.4, -0.2) is 11.0 Å². The maximum Gasteiger partial charge on any atom is 0.257 e. The van der Waals surface area contributed by atoms with Crippen molar-refractivity contribution in [1.29, 1.82) is 0 Å². The Bertz CT molecular complexity index is 614. The summed E-state index contributed by atoms with van der Waals surface area (Å²) in [6.45, 7) is 4.40. The number of hydrogen-bond donors (Lipinski definition) is 3. The standard InChI is InChI=1S/C15H15N3OS.C2H6/c16-10-12-8-4-5-9-13(12)17-15(20)18-14(19)11-6-2-1-3-7-11;1-2/h1-9H,10,16H2,(H2,17,18,19,20);1-2H3. The fraction of sp³-hybridized carbons (Fsp3) is 0.176. The molecule has 4 nitrogen and oxygen atoms in total. The molecule has 2 aromatic rings. The molecule has 2 rings (SSSR count). The van der Waals surface area contributed by atoms with E-state index in [1.807, 2.05) is 44.2 Å². The van der Waals surface area contributed by atoms with Gasteiger partial charge in [-0.1, -0.05) is 50.2 Å². The molecule has 0 heterocycles. The van der Waals surface area contributed by atoms with Crippen LogP contribution in [-0.2, 0) is 6.54 Å². The van der Waals surface area contributed by atoms with Crippen LogP contribution in [0.1, 0.15) is 29.8 Å². The normalized spacial score (nSPS) is 9.23. The van der Waals surface area contributed by atoms with Crippen LogP contribution in [0.5, 0.6) is 0 Å². The number of hydrogen-bond acceptors (Lipinski definition) is 3. The highest BCUT2D eigenvalue weighted by Gasteiger charge is 2.08. The second kappa shape index (κ2) is 9.65. The molecule has 0 aliphatic heterocycles. The topological polar surface area (TPSA) is 67.2 Å². The van der Waals surface area contributed by atoms with Gasteiger partial charge in [-0.3, -0.25) is 10.1 Å². The first-order valence-electron chi connectivity index (χ1n) is 7.16. The monoisotopic (exact) mass is 315 g/mol. The lowest BCUT2D eigenvalue weighted by molar-refractivity contribution is 0.0977. The number of thiocarbonyl (C=S) groups is 1. The molecule has 22 heavy (non-hydrogen) atoms. The van der Waals surface area contributed by atoms with E-state index in [9.17, 15) is 4.79 Å². The van der Waals surface area contributed by atoms with Gasteiger partial charge in [0.05, 0.1) is 0 Å². The molecular formula is C17H21N3OS. The predicted octanol–water partition coefficient (Wildman–Crippen LogP) is 3.30. The first-order valence-corrected chi connectivity index (χ1v) is 7.57. The van der Waals surface area contributed by atoms with Crippen molar-refractivity contribution in [1.82, 2.24) is 5.32 Å². The first-order chi connectivity index (χ1) is 10.7. The van der Waals surface area contributed by atoms with E-state index in [0.29, 0.717) is 12.1 Å². The molecular weight excluding hydrogens is 294 g/mol. The average molecular weight is 315 g/mol. The largest absolute Gasteiger partial charge is 0.332 e. The summed E-state index contributed by atoms with van der Waals surface area (Å²) in [6, 6.07) is 16.5. The number of carbonyl (C=O) groups excluding carboxylic acids is 1. The van der Waals surface area contributed by atoms with Gasteiger partial charge in [0, 0.05) is 17.8 Å². The summed E-state index contributed by atoms with van der Waals surface area (Å²) in [6.07, 6.45) is 0. The Morgan fingerprint density at radius 2 is 1.64 bits per heavy atom. The molecule has 0 bridgehead atoms. The van der Waals surface area contributed by atoms with Crippen LogP contribution in [0.15, 0.2) is 54.6 Å². The predicted molar refractivity (Wildman–Crippen MR) is 95.8 cm³/mol. The third kappa shape index (κ3) is 5.27. The Morgan fingerprint density at radius 1 is 1.05 bits per heavy atom. The van der Waals surface area contributed by atoms with Gasteiger partial charge in [-0.2, -0.15) is 0 Å². The third-order valence-electron chi connectivity index (χ3n) is 2.75. The van der Waals surface area contributed by atoms with Crippen molar-refractivity contribution in [2.45, 2.75) is 20.4 Å². The van der Waals surface area contributed by atoms with Crippen molar-refractivity contribution in [3.05, 3.63) is 65.7 Å². The van der Waals surface area contributed by atoms with Crippen LogP contribution in [0.25, 0.3) is 0 Å². The highest BCUT2D eigenvalue weighted by Crippen LogP contribution is 2.13. The summed E-state index contributed by atoms with van der Waals surface area (Å²) in [7, 11) is 0. The van der Waals surface area contributed by atoms with Crippen LogP contribution < -0.4 is 16.4 Å². The lowest BCUT2D eigenvalue weighted by Crippen LogP contribution is -2.34. The van der Waals surface area contributed by atoms with Crippen LogP contribution in [0.4, 0.5) is 5.69 Å². The van der Waals surface area contributed by atoms with E-state index in [2.05, 4.69) is 10.6 Å². The zero-order valence-corrected chi connectivity index (χ0v) is 13.6. The summed E-state index contributed by atoms with van der Waals surface area (Å²) in [5.74, 6) is -0.242. The Kier molecular flexibility index (Phi) is 7.81. The fourth-order valence-corrected chi connectivity index (χ4v) is 1.94. The molecule has 0 atom stereocenters. The minimum atomic E-state index is -0.242. The zero-order chi connectivity index (χ0) is 16.4. The second-order valence-corrected chi connectivity index (χ2v) is 4.54. The molecule has 0 aromatic heterocycles. The van der Waals surface area contributed by atoms with Gasteiger partial charge in [0.25, 0.3) is 5.91 Å². The number of para-hydroxylation sites is 1. The summed E-state index contributed by atoms with van der Waals surface area (Å²) in [5.41, 5.74) is 7.94. The van der Waals surface area contributed by atoms with Crippen LogP contribution in [0, 0.1) is 0 Å². The van der Waals surface area contributed by atoms with Crippen molar-refractivity contribution in [3.63, 3.8) is 0 Å². The molecule has 0 unspecified atom stereocenters. The molecule has 4 N–H and O–H groups in total. The van der Waals surface area contributed by atoms with Gasteiger partial charge in [-0.25, -0.2) is 0 Å². The van der Waals surface area contributed by atoms with Crippen LogP contribution in [0.3, 0.4) is 0 Å². The maximum atomic E-state index is 11.9. The van der Waals surface area contributed by atoms with Crippen molar-refractivity contribution in [2.75, 3.05) is 5.32 Å². The molecule has 1 amide bonds. The van der Waals surface area contributed by atoms with Gasteiger partial charge in [0.2, 0.25) is 0 Å². The second-order valence-electron chi connectivity index (χ2n) is 4.14. The molecule has 0 saturated carbocycles. The lowest BCUT2D eigenvalue weighted by Gasteiger charge is -2.12. The van der Waals surface area contributed by atoms with E-state index >= 15 is 0 Å². The van der Waals surface area contributed by atoms with Crippen molar-refractivity contribution < 1.29 is 4.79 Å².